The maximum absolute atomic E-state index is 14.7. The standard InChI is InChI=1S/C36H30O15/c37-13-25-30(44)32(46)33(47)36(51-25)50-24-12-21(43)26-20(42)11-22(14-1-5-16(38)6-2-14)48-35(26)28(24)29-31(45)27-19(41)9-18(40)10-23(27)49-34(29)15-3-7-17(39)8-4-15/h1-12,25,29-30,32-34,36-41,43-44,46-47H,13H2/t25-,29+,30-,32+,33-,34-,36-/m1/s1. The van der Waals surface area contributed by atoms with Gasteiger partial charge in [-0.1, -0.05) is 12.1 Å². The molecule has 1 saturated heterocycles. The number of benzene rings is 4. The summed E-state index contributed by atoms with van der Waals surface area (Å²) in [6.45, 7) is -0.799. The number of carbonyl (C=O) groups is 1. The number of fused-ring (bicyclic) bond motifs is 2. The Labute approximate surface area is 286 Å². The number of rotatable bonds is 6. The molecule has 7 atom stereocenters. The summed E-state index contributed by atoms with van der Waals surface area (Å²) in [6, 6.07) is 15.1. The van der Waals surface area contributed by atoms with Crippen molar-refractivity contribution in [3.8, 4) is 51.6 Å². The number of aromatic hydroxyl groups is 5. The van der Waals surface area contributed by atoms with Gasteiger partial charge in [0.2, 0.25) is 6.29 Å². The zero-order valence-electron chi connectivity index (χ0n) is 26.2. The predicted molar refractivity (Wildman–Crippen MR) is 174 cm³/mol. The predicted octanol–water partition coefficient (Wildman–Crippen LogP) is 2.27. The summed E-state index contributed by atoms with van der Waals surface area (Å²) in [4.78, 5) is 28.4. The minimum Gasteiger partial charge on any atom is -0.508 e. The van der Waals surface area contributed by atoms with Crippen molar-refractivity contribution < 1.29 is 69.4 Å². The zero-order chi connectivity index (χ0) is 36.3. The SMILES string of the molecule is O=C1c2c(O)cc(O)cc2O[C@H](c2ccc(O)cc2)[C@H]1c1c(O[C@@H]2O[C@H](CO)[C@@H](O)[C@H](O)[C@H]2O)cc(O)c2c(=O)cc(-c3ccc(O)cc3)oc12. The summed E-state index contributed by atoms with van der Waals surface area (Å²) in [5, 5.41) is 93.3. The van der Waals surface area contributed by atoms with Crippen LogP contribution in [0.4, 0.5) is 0 Å². The minimum absolute atomic E-state index is 0.0725. The summed E-state index contributed by atoms with van der Waals surface area (Å²) in [5.41, 5.74) is -1.23. The second-order valence-electron chi connectivity index (χ2n) is 12.2. The third kappa shape index (κ3) is 5.82. The van der Waals surface area contributed by atoms with Gasteiger partial charge in [0, 0.05) is 29.8 Å². The Hall–Kier alpha value is -5.84. The quantitative estimate of drug-likeness (QED) is 0.123. The van der Waals surface area contributed by atoms with Crippen LogP contribution in [-0.4, -0.2) is 89.1 Å². The third-order valence-electron chi connectivity index (χ3n) is 8.91. The summed E-state index contributed by atoms with van der Waals surface area (Å²) in [6.07, 6.45) is -10.2. The lowest BCUT2D eigenvalue weighted by molar-refractivity contribution is -0.277. The lowest BCUT2D eigenvalue weighted by Gasteiger charge is -2.40. The van der Waals surface area contributed by atoms with E-state index >= 15 is 0 Å². The molecule has 1 aromatic heterocycles. The number of ketones is 1. The lowest BCUT2D eigenvalue weighted by Crippen LogP contribution is -2.60. The average molecular weight is 703 g/mol. The van der Waals surface area contributed by atoms with Gasteiger partial charge in [-0.3, -0.25) is 9.59 Å². The molecule has 15 nitrogen and oxygen atoms in total. The first-order valence-corrected chi connectivity index (χ1v) is 15.5. The first kappa shape index (κ1) is 33.6. The fraction of sp³-hybridized carbons (Fsp3) is 0.222. The van der Waals surface area contributed by atoms with Gasteiger partial charge in [0.1, 0.15) is 93.1 Å². The van der Waals surface area contributed by atoms with Crippen LogP contribution in [0.25, 0.3) is 22.3 Å². The topological polar surface area (TPSA) is 257 Å². The van der Waals surface area contributed by atoms with Gasteiger partial charge < -0.3 is 64.6 Å². The third-order valence-corrected chi connectivity index (χ3v) is 8.91. The van der Waals surface area contributed by atoms with E-state index in [-0.39, 0.29) is 39.7 Å². The van der Waals surface area contributed by atoms with Crippen molar-refractivity contribution in [3.63, 3.8) is 0 Å². The molecule has 15 heteroatoms. The fourth-order valence-corrected chi connectivity index (χ4v) is 6.39. The highest BCUT2D eigenvalue weighted by Gasteiger charge is 2.48. The molecule has 0 spiro atoms. The molecule has 5 aromatic rings. The van der Waals surface area contributed by atoms with Crippen molar-refractivity contribution in [2.75, 3.05) is 6.61 Å². The van der Waals surface area contributed by atoms with Gasteiger partial charge in [0.25, 0.3) is 0 Å². The Kier molecular flexibility index (Phi) is 8.45. The molecule has 1 fully saturated rings. The Bertz CT molecular complexity index is 2190. The molecule has 0 amide bonds. The summed E-state index contributed by atoms with van der Waals surface area (Å²) >= 11 is 0. The second-order valence-corrected chi connectivity index (χ2v) is 12.2. The highest BCUT2D eigenvalue weighted by atomic mass is 16.7. The maximum Gasteiger partial charge on any atom is 0.229 e. The first-order valence-electron chi connectivity index (χ1n) is 15.5. The molecule has 2 aliphatic heterocycles. The van der Waals surface area contributed by atoms with E-state index in [4.69, 9.17) is 18.6 Å². The van der Waals surface area contributed by atoms with Crippen molar-refractivity contribution in [2.45, 2.75) is 42.7 Å². The summed E-state index contributed by atoms with van der Waals surface area (Å²) < 4.78 is 24.1. The van der Waals surface area contributed by atoms with Gasteiger partial charge >= 0.3 is 0 Å². The molecular weight excluding hydrogens is 672 g/mol. The summed E-state index contributed by atoms with van der Waals surface area (Å²) in [7, 11) is 0. The highest BCUT2D eigenvalue weighted by Crippen LogP contribution is 2.52. The van der Waals surface area contributed by atoms with E-state index in [0.29, 0.717) is 5.56 Å². The van der Waals surface area contributed by atoms with Crippen LogP contribution in [0.15, 0.2) is 82.0 Å². The minimum atomic E-state index is -1.94. The van der Waals surface area contributed by atoms with Crippen LogP contribution in [-0.2, 0) is 4.74 Å². The molecule has 264 valence electrons. The Morgan fingerprint density at radius 2 is 1.39 bits per heavy atom. The number of ether oxygens (including phenoxy) is 3. The van der Waals surface area contributed by atoms with Gasteiger partial charge in [-0.25, -0.2) is 0 Å². The maximum atomic E-state index is 14.7. The van der Waals surface area contributed by atoms with Gasteiger partial charge in [0.05, 0.1) is 18.1 Å². The highest BCUT2D eigenvalue weighted by molar-refractivity contribution is 6.09. The molecule has 0 unspecified atom stereocenters. The van der Waals surface area contributed by atoms with Gasteiger partial charge in [-0.15, -0.1) is 0 Å². The molecule has 4 aromatic carbocycles. The van der Waals surface area contributed by atoms with Crippen LogP contribution in [0, 0.1) is 0 Å². The normalized spacial score (nSPS) is 24.5. The number of Topliss-reactive ketones (excluding diaryl/α,β-unsaturated/α-hetero) is 1. The van der Waals surface area contributed by atoms with Crippen molar-refractivity contribution in [2.24, 2.45) is 0 Å². The number of phenolic OH excluding ortho intramolecular Hbond substituents is 5. The lowest BCUT2D eigenvalue weighted by atomic mass is 9.79. The number of hydrogen-bond donors (Lipinski definition) is 9. The fourth-order valence-electron chi connectivity index (χ4n) is 6.39. The molecule has 7 rings (SSSR count). The molecule has 0 radical (unpaired) electrons. The van der Waals surface area contributed by atoms with Crippen molar-refractivity contribution in [1.82, 2.24) is 0 Å². The van der Waals surface area contributed by atoms with E-state index in [0.717, 1.165) is 24.3 Å². The average Bonchev–Trinajstić information content (AvgIpc) is 3.09. The second kappa shape index (κ2) is 12.8. The molecular formula is C36H30O15. The van der Waals surface area contributed by atoms with Crippen LogP contribution >= 0.6 is 0 Å². The number of carbonyl (C=O) groups excluding carboxylic acids is 1. The Balaban J connectivity index is 1.53. The Morgan fingerprint density at radius 3 is 2.06 bits per heavy atom. The molecule has 0 bridgehead atoms. The van der Waals surface area contributed by atoms with Crippen molar-refractivity contribution in [1.29, 1.82) is 0 Å². The molecule has 0 saturated carbocycles. The zero-order valence-corrected chi connectivity index (χ0v) is 26.2. The van der Waals surface area contributed by atoms with Gasteiger partial charge in [-0.2, -0.15) is 0 Å². The Morgan fingerprint density at radius 1 is 0.725 bits per heavy atom. The van der Waals surface area contributed by atoms with Gasteiger partial charge in [0.15, 0.2) is 11.2 Å². The van der Waals surface area contributed by atoms with E-state index in [1.165, 1.54) is 48.5 Å². The van der Waals surface area contributed by atoms with E-state index in [1.807, 2.05) is 0 Å². The largest absolute Gasteiger partial charge is 0.508 e. The molecule has 9 N–H and O–H groups in total. The van der Waals surface area contributed by atoms with Crippen LogP contribution in [0.1, 0.15) is 33.5 Å². The monoisotopic (exact) mass is 702 g/mol. The van der Waals surface area contributed by atoms with E-state index < -0.39 is 94.5 Å². The van der Waals surface area contributed by atoms with Crippen LogP contribution in [0.5, 0.6) is 40.2 Å². The summed E-state index contributed by atoms with van der Waals surface area (Å²) in [5.74, 6) is -5.16. The van der Waals surface area contributed by atoms with Crippen molar-refractivity contribution >= 4 is 16.8 Å². The van der Waals surface area contributed by atoms with E-state index in [1.54, 1.807) is 0 Å². The van der Waals surface area contributed by atoms with E-state index in [2.05, 4.69) is 0 Å². The van der Waals surface area contributed by atoms with E-state index in [9.17, 15) is 55.5 Å². The molecule has 2 aliphatic rings. The number of aliphatic hydroxyl groups excluding tert-OH is 4. The van der Waals surface area contributed by atoms with Crippen LogP contribution in [0.2, 0.25) is 0 Å². The molecule has 51 heavy (non-hydrogen) atoms. The van der Waals surface area contributed by atoms with Gasteiger partial charge in [-0.05, 0) is 42.0 Å². The first-order chi connectivity index (χ1) is 24.4. The smallest absolute Gasteiger partial charge is 0.229 e. The van der Waals surface area contributed by atoms with Crippen LogP contribution < -0.4 is 14.9 Å². The van der Waals surface area contributed by atoms with Crippen LogP contribution in [0.3, 0.4) is 0 Å². The number of phenols is 5. The molecule has 0 aliphatic carbocycles. The number of aliphatic hydroxyl groups is 4. The number of hydrogen-bond acceptors (Lipinski definition) is 15. The van der Waals surface area contributed by atoms with Crippen molar-refractivity contribution in [3.05, 3.63) is 99.7 Å². The molecule has 3 heterocycles.